The Labute approximate surface area is 142 Å². The summed E-state index contributed by atoms with van der Waals surface area (Å²) in [5.41, 5.74) is 0.0750. The zero-order valence-corrected chi connectivity index (χ0v) is 15.1. The molecule has 1 N–H and O–H groups in total. The third-order valence-corrected chi connectivity index (χ3v) is 8.02. The second kappa shape index (κ2) is 7.15. The van der Waals surface area contributed by atoms with Gasteiger partial charge in [0.1, 0.15) is 4.21 Å². The van der Waals surface area contributed by atoms with E-state index >= 15 is 0 Å². The highest BCUT2D eigenvalue weighted by Crippen LogP contribution is 2.45. The molecule has 3 heterocycles. The molecule has 1 atom stereocenters. The van der Waals surface area contributed by atoms with Gasteiger partial charge in [-0.25, -0.2) is 8.42 Å². The van der Waals surface area contributed by atoms with Crippen LogP contribution in [0.1, 0.15) is 12.8 Å². The summed E-state index contributed by atoms with van der Waals surface area (Å²) in [6.07, 6.45) is 2.05. The second-order valence-corrected chi connectivity index (χ2v) is 9.11. The number of ether oxygens (including phenoxy) is 1. The summed E-state index contributed by atoms with van der Waals surface area (Å²) in [5, 5.41) is 5.19. The normalized spacial score (nSPS) is 25.2. The number of halogens is 1. The van der Waals surface area contributed by atoms with Gasteiger partial charge in [0.05, 0.1) is 6.61 Å². The average Bonchev–Trinajstić information content (AvgIpc) is 3.11. The van der Waals surface area contributed by atoms with Crippen molar-refractivity contribution in [3.63, 3.8) is 0 Å². The summed E-state index contributed by atoms with van der Waals surface area (Å²) in [4.78, 5) is 0. The molecule has 5 nitrogen and oxygen atoms in total. The molecule has 0 radical (unpaired) electrons. The molecule has 0 aromatic carbocycles. The molecule has 1 spiro atoms. The van der Waals surface area contributed by atoms with Gasteiger partial charge in [0, 0.05) is 26.1 Å². The highest BCUT2D eigenvalue weighted by molar-refractivity contribution is 7.91. The molecule has 126 valence electrons. The topological polar surface area (TPSA) is 58.6 Å². The maximum absolute atomic E-state index is 12.8. The van der Waals surface area contributed by atoms with Crippen molar-refractivity contribution in [2.45, 2.75) is 17.1 Å². The van der Waals surface area contributed by atoms with Crippen molar-refractivity contribution in [3.8, 4) is 0 Å². The maximum Gasteiger partial charge on any atom is 0.252 e. The van der Waals surface area contributed by atoms with E-state index in [4.69, 9.17) is 4.74 Å². The Kier molecular flexibility index (Phi) is 5.90. The van der Waals surface area contributed by atoms with Crippen LogP contribution in [0.4, 0.5) is 0 Å². The quantitative estimate of drug-likeness (QED) is 0.882. The van der Waals surface area contributed by atoms with Crippen molar-refractivity contribution < 1.29 is 13.2 Å². The summed E-state index contributed by atoms with van der Waals surface area (Å²) in [7, 11) is -1.65. The number of methoxy groups -OCH3 is 1. The maximum atomic E-state index is 12.8. The summed E-state index contributed by atoms with van der Waals surface area (Å²) in [5.74, 6) is 0.291. The van der Waals surface area contributed by atoms with E-state index in [9.17, 15) is 8.42 Å². The molecular formula is C14H23ClN2O3S2. The third kappa shape index (κ3) is 3.20. The van der Waals surface area contributed by atoms with E-state index in [1.54, 1.807) is 23.5 Å². The van der Waals surface area contributed by atoms with Crippen molar-refractivity contribution in [1.29, 1.82) is 0 Å². The molecule has 1 aromatic rings. The van der Waals surface area contributed by atoms with Crippen LogP contribution < -0.4 is 5.32 Å². The minimum atomic E-state index is -3.35. The highest BCUT2D eigenvalue weighted by atomic mass is 35.5. The predicted octanol–water partition coefficient (Wildman–Crippen LogP) is 1.81. The van der Waals surface area contributed by atoms with E-state index in [-0.39, 0.29) is 17.8 Å². The largest absolute Gasteiger partial charge is 0.384 e. The van der Waals surface area contributed by atoms with E-state index in [0.717, 1.165) is 25.9 Å². The molecule has 2 aliphatic rings. The lowest BCUT2D eigenvalue weighted by molar-refractivity contribution is 0.0718. The van der Waals surface area contributed by atoms with Crippen molar-refractivity contribution in [1.82, 2.24) is 9.62 Å². The van der Waals surface area contributed by atoms with Crippen molar-refractivity contribution in [2.75, 3.05) is 39.9 Å². The number of thiophene rings is 1. The Balaban J connectivity index is 0.00000176. The lowest BCUT2D eigenvalue weighted by Crippen LogP contribution is -2.43. The molecule has 1 unspecified atom stereocenters. The molecule has 0 bridgehead atoms. The molecule has 3 rings (SSSR count). The van der Waals surface area contributed by atoms with Crippen molar-refractivity contribution in [2.24, 2.45) is 11.3 Å². The van der Waals surface area contributed by atoms with E-state index in [2.05, 4.69) is 5.32 Å². The van der Waals surface area contributed by atoms with E-state index < -0.39 is 10.0 Å². The number of hydrogen-bond acceptors (Lipinski definition) is 5. The number of nitrogens with one attached hydrogen (secondary N) is 1. The minimum absolute atomic E-state index is 0. The fourth-order valence-corrected chi connectivity index (χ4v) is 6.35. The first-order valence-corrected chi connectivity index (χ1v) is 9.64. The molecule has 22 heavy (non-hydrogen) atoms. The van der Waals surface area contributed by atoms with Crippen LogP contribution in [0.25, 0.3) is 0 Å². The van der Waals surface area contributed by atoms with Crippen LogP contribution in [-0.4, -0.2) is 52.6 Å². The van der Waals surface area contributed by atoms with Crippen molar-refractivity contribution in [3.05, 3.63) is 17.5 Å². The van der Waals surface area contributed by atoms with Gasteiger partial charge in [0.25, 0.3) is 10.0 Å². The van der Waals surface area contributed by atoms with Crippen LogP contribution in [0.3, 0.4) is 0 Å². The van der Waals surface area contributed by atoms with E-state index in [1.807, 2.05) is 5.38 Å². The van der Waals surface area contributed by atoms with Crippen LogP contribution >= 0.6 is 23.7 Å². The number of rotatable bonds is 4. The molecule has 0 amide bonds. The van der Waals surface area contributed by atoms with Gasteiger partial charge in [-0.3, -0.25) is 0 Å². The van der Waals surface area contributed by atoms with E-state index in [1.165, 1.54) is 11.3 Å². The Morgan fingerprint density at radius 1 is 1.45 bits per heavy atom. The van der Waals surface area contributed by atoms with Crippen LogP contribution in [0.15, 0.2) is 21.7 Å². The number of sulfonamides is 1. The summed E-state index contributed by atoms with van der Waals surface area (Å²) < 4.78 is 33.0. The lowest BCUT2D eigenvalue weighted by atomic mass is 9.71. The van der Waals surface area contributed by atoms with Gasteiger partial charge in [0.15, 0.2) is 0 Å². The summed E-state index contributed by atoms with van der Waals surface area (Å²) in [6.45, 7) is 3.77. The first-order chi connectivity index (χ1) is 10.1. The molecule has 0 saturated carbocycles. The standard InChI is InChI=1S/C14H22N2O3S2.ClH/c1-19-10-12-9-16(11-14(12)4-6-15-7-5-14)21(17,18)13-3-2-8-20-13;/h2-3,8,12,15H,4-7,9-11H2,1H3;1H. The Morgan fingerprint density at radius 3 is 2.77 bits per heavy atom. The second-order valence-electron chi connectivity index (χ2n) is 5.99. The summed E-state index contributed by atoms with van der Waals surface area (Å²) in [6, 6.07) is 3.49. The first-order valence-electron chi connectivity index (χ1n) is 7.32. The smallest absolute Gasteiger partial charge is 0.252 e. The average molecular weight is 367 g/mol. The zero-order valence-electron chi connectivity index (χ0n) is 12.7. The predicted molar refractivity (Wildman–Crippen MR) is 90.2 cm³/mol. The fourth-order valence-electron chi connectivity index (χ4n) is 3.63. The van der Waals surface area contributed by atoms with Crippen LogP contribution in [-0.2, 0) is 14.8 Å². The van der Waals surface area contributed by atoms with Crippen LogP contribution in [0.2, 0.25) is 0 Å². The molecule has 2 aliphatic heterocycles. The van der Waals surface area contributed by atoms with Gasteiger partial charge >= 0.3 is 0 Å². The fraction of sp³-hybridized carbons (Fsp3) is 0.714. The Hall–Kier alpha value is -0.180. The van der Waals surface area contributed by atoms with Gasteiger partial charge in [-0.05, 0) is 42.8 Å². The van der Waals surface area contributed by atoms with Gasteiger partial charge in [-0.15, -0.1) is 23.7 Å². The highest BCUT2D eigenvalue weighted by Gasteiger charge is 2.50. The molecule has 0 aliphatic carbocycles. The van der Waals surface area contributed by atoms with Gasteiger partial charge in [0.2, 0.25) is 0 Å². The number of nitrogens with zero attached hydrogens (tertiary/aromatic N) is 1. The van der Waals surface area contributed by atoms with E-state index in [0.29, 0.717) is 29.8 Å². The lowest BCUT2D eigenvalue weighted by Gasteiger charge is -2.38. The number of hydrogen-bond donors (Lipinski definition) is 1. The molecule has 2 saturated heterocycles. The molecular weight excluding hydrogens is 344 g/mol. The monoisotopic (exact) mass is 366 g/mol. The first kappa shape index (κ1) is 18.2. The SMILES string of the molecule is COCC1CN(S(=O)(=O)c2cccs2)CC12CCNCC2.Cl. The van der Waals surface area contributed by atoms with Crippen LogP contribution in [0, 0.1) is 11.3 Å². The number of piperidine rings is 1. The van der Waals surface area contributed by atoms with Gasteiger partial charge in [-0.2, -0.15) is 4.31 Å². The zero-order chi connectivity index (χ0) is 14.9. The van der Waals surface area contributed by atoms with Crippen LogP contribution in [0.5, 0.6) is 0 Å². The Morgan fingerprint density at radius 2 is 2.18 bits per heavy atom. The molecule has 1 aromatic heterocycles. The third-order valence-electron chi connectivity index (χ3n) is 4.84. The summed E-state index contributed by atoms with van der Waals surface area (Å²) >= 11 is 1.29. The minimum Gasteiger partial charge on any atom is -0.384 e. The van der Waals surface area contributed by atoms with Crippen molar-refractivity contribution >= 4 is 33.8 Å². The molecule has 2 fully saturated rings. The Bertz CT molecular complexity index is 571. The molecule has 8 heteroatoms. The van der Waals surface area contributed by atoms with Gasteiger partial charge < -0.3 is 10.1 Å². The van der Waals surface area contributed by atoms with Gasteiger partial charge in [-0.1, -0.05) is 6.07 Å².